The number of hydrogen-bond donors (Lipinski definition) is 2. The first kappa shape index (κ1) is 11.0. The van der Waals surface area contributed by atoms with Crippen LogP contribution in [0, 0.1) is 0 Å². The molecule has 0 aliphatic carbocycles. The van der Waals surface area contributed by atoms with Gasteiger partial charge in [0.2, 0.25) is 0 Å². The summed E-state index contributed by atoms with van der Waals surface area (Å²) in [6, 6.07) is -4.42. The normalized spacial score (nSPS) is 13.6. The Balaban J connectivity index is 4.00. The van der Waals surface area contributed by atoms with Gasteiger partial charge in [-0.05, 0) is 12.2 Å². The Morgan fingerprint density at radius 3 is 1.91 bits per heavy atom. The van der Waals surface area contributed by atoms with E-state index in [1.807, 2.05) is 0 Å². The summed E-state index contributed by atoms with van der Waals surface area (Å²) in [4.78, 5) is 0. The Morgan fingerprint density at radius 1 is 1.18 bits per heavy atom. The van der Waals surface area contributed by atoms with Crippen molar-refractivity contribution in [1.82, 2.24) is 0 Å². The molecule has 0 atom stereocenters. The molecule has 6 heteroatoms. The predicted octanol–water partition coefficient (Wildman–Crippen LogP) is 1.88. The second kappa shape index (κ2) is 3.62. The van der Waals surface area contributed by atoms with E-state index in [2.05, 4.69) is 18.4 Å². The van der Waals surface area contributed by atoms with Gasteiger partial charge in [0.15, 0.2) is 0 Å². The van der Waals surface area contributed by atoms with Crippen LogP contribution in [0.1, 0.15) is 12.8 Å². The van der Waals surface area contributed by atoms with Gasteiger partial charge in [0.25, 0.3) is 0 Å². The maximum atomic E-state index is 12.2. The third-order valence-corrected chi connectivity index (χ3v) is 1.45. The summed E-state index contributed by atoms with van der Waals surface area (Å²) in [6.07, 6.45) is -1.01. The Morgan fingerprint density at radius 2 is 1.64 bits per heavy atom. The van der Waals surface area contributed by atoms with E-state index in [0.29, 0.717) is 0 Å². The standard InChI is InChI=1S/C5H9F4NS/c6-4(7,2-1-3-11)5(8,9)10/h11H,1-3,10H2. The monoisotopic (exact) mass is 191 g/mol. The van der Waals surface area contributed by atoms with Crippen LogP contribution in [0.2, 0.25) is 0 Å². The molecule has 0 fully saturated rings. The molecule has 0 aromatic rings. The van der Waals surface area contributed by atoms with Crippen molar-refractivity contribution in [1.29, 1.82) is 0 Å². The Labute approximate surface area is 67.4 Å². The Kier molecular flexibility index (Phi) is 3.63. The van der Waals surface area contributed by atoms with Crippen molar-refractivity contribution in [3.63, 3.8) is 0 Å². The molecule has 0 rings (SSSR count). The predicted molar refractivity (Wildman–Crippen MR) is 37.2 cm³/mol. The second-order valence-electron chi connectivity index (χ2n) is 2.15. The highest BCUT2D eigenvalue weighted by Crippen LogP contribution is 2.33. The fourth-order valence-electron chi connectivity index (χ4n) is 0.468. The third-order valence-electron chi connectivity index (χ3n) is 1.14. The van der Waals surface area contributed by atoms with Crippen molar-refractivity contribution in [2.75, 3.05) is 5.75 Å². The van der Waals surface area contributed by atoms with Crippen molar-refractivity contribution in [2.45, 2.75) is 24.8 Å². The highest BCUT2D eigenvalue weighted by atomic mass is 32.1. The minimum Gasteiger partial charge on any atom is -0.267 e. The van der Waals surface area contributed by atoms with Crippen LogP contribution in [-0.2, 0) is 0 Å². The zero-order valence-electron chi connectivity index (χ0n) is 5.66. The summed E-state index contributed by atoms with van der Waals surface area (Å²) in [5.41, 5.74) is 3.95. The number of rotatable bonds is 4. The molecule has 0 amide bonds. The molecule has 0 radical (unpaired) electrons. The van der Waals surface area contributed by atoms with Crippen molar-refractivity contribution in [3.8, 4) is 0 Å². The zero-order valence-corrected chi connectivity index (χ0v) is 6.55. The lowest BCUT2D eigenvalue weighted by molar-refractivity contribution is -0.208. The highest BCUT2D eigenvalue weighted by Gasteiger charge is 2.52. The number of hydrogen-bond acceptors (Lipinski definition) is 2. The lowest BCUT2D eigenvalue weighted by atomic mass is 10.2. The van der Waals surface area contributed by atoms with Gasteiger partial charge in [0, 0.05) is 6.42 Å². The summed E-state index contributed by atoms with van der Waals surface area (Å²) >= 11 is 3.61. The van der Waals surface area contributed by atoms with Crippen LogP contribution >= 0.6 is 12.6 Å². The average Bonchev–Trinajstić information content (AvgIpc) is 1.81. The minimum absolute atomic E-state index is 0.0805. The van der Waals surface area contributed by atoms with E-state index in [-0.39, 0.29) is 12.2 Å². The van der Waals surface area contributed by atoms with Gasteiger partial charge in [-0.3, -0.25) is 5.73 Å². The molecule has 0 aromatic carbocycles. The number of halogens is 4. The number of nitrogens with two attached hydrogens (primary N) is 1. The first-order chi connectivity index (χ1) is 4.81. The number of alkyl halides is 4. The zero-order chi connectivity index (χ0) is 9.12. The van der Waals surface area contributed by atoms with Crippen molar-refractivity contribution < 1.29 is 17.6 Å². The van der Waals surface area contributed by atoms with E-state index >= 15 is 0 Å². The van der Waals surface area contributed by atoms with Gasteiger partial charge in [0.1, 0.15) is 0 Å². The second-order valence-corrected chi connectivity index (χ2v) is 2.60. The highest BCUT2D eigenvalue weighted by molar-refractivity contribution is 7.80. The lowest BCUT2D eigenvalue weighted by Crippen LogP contribution is -2.48. The largest absolute Gasteiger partial charge is 0.362 e. The summed E-state index contributed by atoms with van der Waals surface area (Å²) < 4.78 is 48.1. The van der Waals surface area contributed by atoms with Crippen LogP contribution in [0.3, 0.4) is 0 Å². The van der Waals surface area contributed by atoms with Gasteiger partial charge >= 0.3 is 12.0 Å². The minimum atomic E-state index is -4.42. The van der Waals surface area contributed by atoms with Crippen LogP contribution in [0.5, 0.6) is 0 Å². The van der Waals surface area contributed by atoms with Crippen LogP contribution < -0.4 is 5.73 Å². The molecule has 0 heterocycles. The van der Waals surface area contributed by atoms with Crippen molar-refractivity contribution >= 4 is 12.6 Å². The van der Waals surface area contributed by atoms with E-state index in [4.69, 9.17) is 0 Å². The molecule has 0 spiro atoms. The van der Waals surface area contributed by atoms with Gasteiger partial charge in [0.05, 0.1) is 0 Å². The topological polar surface area (TPSA) is 26.0 Å². The van der Waals surface area contributed by atoms with Gasteiger partial charge in [-0.1, -0.05) is 0 Å². The molecule has 0 saturated carbocycles. The Hall–Kier alpha value is 0.0300. The van der Waals surface area contributed by atoms with Crippen LogP contribution in [0.4, 0.5) is 17.6 Å². The van der Waals surface area contributed by atoms with E-state index in [0.717, 1.165) is 0 Å². The van der Waals surface area contributed by atoms with E-state index in [1.165, 1.54) is 0 Å². The molecule has 0 aliphatic heterocycles. The molecular weight excluding hydrogens is 182 g/mol. The molecule has 0 unspecified atom stereocenters. The number of thiol groups is 1. The van der Waals surface area contributed by atoms with Crippen LogP contribution in [-0.4, -0.2) is 17.7 Å². The fourth-order valence-corrected chi connectivity index (χ4v) is 0.626. The molecule has 0 aliphatic rings. The summed E-state index contributed by atoms with van der Waals surface area (Å²) in [5, 5.41) is 0. The Bertz CT molecular complexity index is 122. The van der Waals surface area contributed by atoms with Gasteiger partial charge in [-0.2, -0.15) is 30.2 Å². The average molecular weight is 191 g/mol. The van der Waals surface area contributed by atoms with Crippen molar-refractivity contribution in [3.05, 3.63) is 0 Å². The molecule has 11 heavy (non-hydrogen) atoms. The molecule has 2 N–H and O–H groups in total. The van der Waals surface area contributed by atoms with Crippen molar-refractivity contribution in [2.24, 2.45) is 5.73 Å². The van der Waals surface area contributed by atoms with Crippen LogP contribution in [0.15, 0.2) is 0 Å². The molecule has 1 nitrogen and oxygen atoms in total. The third kappa shape index (κ3) is 3.29. The first-order valence-electron chi connectivity index (χ1n) is 2.96. The summed E-state index contributed by atoms with van der Waals surface area (Å²) in [6.45, 7) is 0. The summed E-state index contributed by atoms with van der Waals surface area (Å²) in [5.74, 6) is -3.97. The van der Waals surface area contributed by atoms with Gasteiger partial charge < -0.3 is 0 Å². The van der Waals surface area contributed by atoms with Gasteiger partial charge in [-0.25, -0.2) is 0 Å². The van der Waals surface area contributed by atoms with E-state index in [9.17, 15) is 17.6 Å². The SMILES string of the molecule is NC(F)(F)C(F)(F)CCCS. The molecule has 68 valence electrons. The maximum absolute atomic E-state index is 12.2. The van der Waals surface area contributed by atoms with Gasteiger partial charge in [-0.15, -0.1) is 0 Å². The van der Waals surface area contributed by atoms with E-state index in [1.54, 1.807) is 0 Å². The molecule has 0 bridgehead atoms. The fraction of sp³-hybridized carbons (Fsp3) is 1.00. The van der Waals surface area contributed by atoms with Crippen LogP contribution in [0.25, 0.3) is 0 Å². The molecule has 0 saturated heterocycles. The smallest absolute Gasteiger partial charge is 0.267 e. The first-order valence-corrected chi connectivity index (χ1v) is 3.60. The van der Waals surface area contributed by atoms with E-state index < -0.39 is 18.4 Å². The summed E-state index contributed by atoms with van der Waals surface area (Å²) in [7, 11) is 0. The molecule has 0 aromatic heterocycles. The quantitative estimate of drug-likeness (QED) is 0.396. The molecular formula is C5H9F4NS. The maximum Gasteiger partial charge on any atom is 0.362 e. The lowest BCUT2D eigenvalue weighted by Gasteiger charge is -2.21.